The SMILES string of the molecule is CNC(=O)C=CCNC(=O)N1CC[C@@H](n2nc(-c3ccc(Oc4c(F)c(F)cc(F)c4F)cc3F)c3c(N)ncnc32)C1. The number of likely N-dealkylation sites (N-methyl/N-ethyl adjacent to an activating group) is 1. The van der Waals surface area contributed by atoms with Gasteiger partial charge in [0.15, 0.2) is 17.3 Å². The molecule has 0 bridgehead atoms. The van der Waals surface area contributed by atoms with Gasteiger partial charge in [-0.1, -0.05) is 6.08 Å². The van der Waals surface area contributed by atoms with Gasteiger partial charge in [-0.3, -0.25) is 4.79 Å². The largest absolute Gasteiger partial charge is 0.451 e. The Kier molecular flexibility index (Phi) is 8.09. The van der Waals surface area contributed by atoms with E-state index < -0.39 is 40.6 Å². The molecule has 0 aliphatic carbocycles. The van der Waals surface area contributed by atoms with Crippen LogP contribution < -0.4 is 21.1 Å². The van der Waals surface area contributed by atoms with Gasteiger partial charge in [-0.2, -0.15) is 13.9 Å². The molecule has 3 heterocycles. The molecule has 5 rings (SSSR count). The summed E-state index contributed by atoms with van der Waals surface area (Å²) in [5.41, 5.74) is 6.34. The molecule has 1 fully saturated rings. The van der Waals surface area contributed by atoms with Crippen molar-refractivity contribution in [2.75, 3.05) is 32.4 Å². The number of urea groups is 1. The average Bonchev–Trinajstić information content (AvgIpc) is 3.62. The van der Waals surface area contributed by atoms with Crippen molar-refractivity contribution in [1.29, 1.82) is 0 Å². The smallest absolute Gasteiger partial charge is 0.317 e. The Morgan fingerprint density at radius 1 is 1.09 bits per heavy atom. The fourth-order valence-electron chi connectivity index (χ4n) is 4.58. The summed E-state index contributed by atoms with van der Waals surface area (Å²) in [5, 5.41) is 9.89. The third-order valence-electron chi connectivity index (χ3n) is 6.69. The Morgan fingerprint density at radius 3 is 2.53 bits per heavy atom. The summed E-state index contributed by atoms with van der Waals surface area (Å²) in [4.78, 5) is 33.7. The zero-order valence-corrected chi connectivity index (χ0v) is 22.4. The number of hydrogen-bond acceptors (Lipinski definition) is 7. The van der Waals surface area contributed by atoms with Crippen molar-refractivity contribution < 1.29 is 36.3 Å². The van der Waals surface area contributed by atoms with E-state index >= 15 is 4.39 Å². The first kappa shape index (κ1) is 29.2. The Bertz CT molecular complexity index is 1740. The molecule has 2 aromatic carbocycles. The number of hydrogen-bond donors (Lipinski definition) is 3. The number of fused-ring (bicyclic) bond motifs is 1. The molecule has 11 nitrogen and oxygen atoms in total. The van der Waals surface area contributed by atoms with E-state index in [1.165, 1.54) is 36.3 Å². The van der Waals surface area contributed by atoms with Crippen molar-refractivity contribution in [2.45, 2.75) is 12.5 Å². The molecule has 1 aliphatic heterocycles. The molecule has 224 valence electrons. The van der Waals surface area contributed by atoms with Gasteiger partial charge in [0, 0.05) is 50.5 Å². The maximum absolute atomic E-state index is 15.4. The van der Waals surface area contributed by atoms with Crippen LogP contribution in [0.25, 0.3) is 22.3 Å². The molecule has 3 amide bonds. The number of halogens is 5. The molecule has 0 radical (unpaired) electrons. The Morgan fingerprint density at radius 2 is 1.84 bits per heavy atom. The monoisotopic (exact) mass is 602 g/mol. The molecule has 0 spiro atoms. The highest BCUT2D eigenvalue weighted by Crippen LogP contribution is 2.37. The maximum Gasteiger partial charge on any atom is 0.317 e. The van der Waals surface area contributed by atoms with Crippen molar-refractivity contribution in [3.63, 3.8) is 0 Å². The summed E-state index contributed by atoms with van der Waals surface area (Å²) >= 11 is 0. The van der Waals surface area contributed by atoms with E-state index in [1.807, 2.05) is 0 Å². The minimum Gasteiger partial charge on any atom is -0.451 e. The predicted octanol–water partition coefficient (Wildman–Crippen LogP) is 3.82. The number of carbonyl (C=O) groups excluding carboxylic acids is 2. The highest BCUT2D eigenvalue weighted by Gasteiger charge is 2.31. The number of nitrogen functional groups attached to an aromatic ring is 1. The van der Waals surface area contributed by atoms with Gasteiger partial charge >= 0.3 is 6.03 Å². The normalized spacial score (nSPS) is 14.9. The van der Waals surface area contributed by atoms with E-state index in [1.54, 1.807) is 4.90 Å². The van der Waals surface area contributed by atoms with Crippen molar-refractivity contribution in [2.24, 2.45) is 0 Å². The predicted molar refractivity (Wildman–Crippen MR) is 143 cm³/mol. The highest BCUT2D eigenvalue weighted by molar-refractivity contribution is 5.98. The Balaban J connectivity index is 1.40. The minimum atomic E-state index is -1.78. The first-order chi connectivity index (χ1) is 20.6. The topological polar surface area (TPSA) is 140 Å². The van der Waals surface area contributed by atoms with Gasteiger partial charge in [0.05, 0.1) is 11.4 Å². The first-order valence-electron chi connectivity index (χ1n) is 12.8. The minimum absolute atomic E-state index is 0.000791. The molecule has 1 saturated heterocycles. The van der Waals surface area contributed by atoms with Crippen LogP contribution in [-0.4, -0.2) is 63.3 Å². The highest BCUT2D eigenvalue weighted by atomic mass is 19.2. The zero-order chi connectivity index (χ0) is 30.8. The standard InChI is InChI=1S/C27H23F5N8O3/c1-34-19(41)3-2-7-35-27(42)39-8-6-13(11-39)40-26-20(25(33)36-12-37-26)23(38-40)15-5-4-14(9-16(15)28)43-24-21(31)17(29)10-18(30)22(24)32/h2-5,9-10,12-13H,6-8,11H2,1H3,(H,34,41)(H,35,42)(H2,33,36,37)/t13-/m1/s1. The lowest BCUT2D eigenvalue weighted by Crippen LogP contribution is -2.38. The van der Waals surface area contributed by atoms with E-state index in [0.717, 1.165) is 12.1 Å². The Labute approximate surface area is 240 Å². The quantitative estimate of drug-likeness (QED) is 0.166. The molecular formula is C27H23F5N8O3. The molecule has 0 saturated carbocycles. The van der Waals surface area contributed by atoms with Gasteiger partial charge in [-0.15, -0.1) is 0 Å². The average molecular weight is 603 g/mol. The summed E-state index contributed by atoms with van der Waals surface area (Å²) in [7, 11) is 1.49. The van der Waals surface area contributed by atoms with E-state index in [-0.39, 0.29) is 65.2 Å². The number of nitrogens with zero attached hydrogens (tertiary/aromatic N) is 5. The summed E-state index contributed by atoms with van der Waals surface area (Å²) in [6, 6.07) is 2.39. The second-order valence-corrected chi connectivity index (χ2v) is 9.38. The number of carbonyl (C=O) groups is 2. The Hall–Kier alpha value is -5.28. The molecule has 0 unspecified atom stereocenters. The van der Waals surface area contributed by atoms with Crippen LogP contribution in [0, 0.1) is 29.1 Å². The van der Waals surface area contributed by atoms with Crippen molar-refractivity contribution in [1.82, 2.24) is 35.3 Å². The third kappa shape index (κ3) is 5.75. The number of amides is 3. The number of nitrogens with one attached hydrogen (secondary N) is 2. The third-order valence-corrected chi connectivity index (χ3v) is 6.69. The molecule has 16 heteroatoms. The number of benzene rings is 2. The molecular weight excluding hydrogens is 579 g/mol. The van der Waals surface area contributed by atoms with Gasteiger partial charge < -0.3 is 26.0 Å². The number of aromatic nitrogens is 4. The number of anilines is 1. The lowest BCUT2D eigenvalue weighted by atomic mass is 10.1. The molecule has 4 aromatic rings. The van der Waals surface area contributed by atoms with Crippen LogP contribution >= 0.6 is 0 Å². The zero-order valence-electron chi connectivity index (χ0n) is 22.4. The van der Waals surface area contributed by atoms with Crippen LogP contribution in [0.4, 0.5) is 32.6 Å². The van der Waals surface area contributed by atoms with E-state index in [9.17, 15) is 27.2 Å². The number of nitrogens with two attached hydrogens (primary N) is 1. The number of ether oxygens (including phenoxy) is 1. The van der Waals surface area contributed by atoms with Gasteiger partial charge in [0.2, 0.25) is 23.3 Å². The van der Waals surface area contributed by atoms with E-state index in [4.69, 9.17) is 10.5 Å². The molecule has 4 N–H and O–H groups in total. The fourth-order valence-corrected chi connectivity index (χ4v) is 4.58. The second kappa shape index (κ2) is 11.9. The molecule has 1 aliphatic rings. The summed E-state index contributed by atoms with van der Waals surface area (Å²) in [6.07, 6.45) is 4.50. The van der Waals surface area contributed by atoms with Gasteiger partial charge in [-0.05, 0) is 18.6 Å². The van der Waals surface area contributed by atoms with Crippen LogP contribution in [0.15, 0.2) is 42.7 Å². The van der Waals surface area contributed by atoms with Crippen LogP contribution in [-0.2, 0) is 4.79 Å². The van der Waals surface area contributed by atoms with Gasteiger partial charge in [0.1, 0.15) is 29.4 Å². The molecule has 43 heavy (non-hydrogen) atoms. The lowest BCUT2D eigenvalue weighted by Gasteiger charge is -2.17. The van der Waals surface area contributed by atoms with E-state index in [0.29, 0.717) is 13.0 Å². The van der Waals surface area contributed by atoms with Gasteiger partial charge in [0.25, 0.3) is 0 Å². The van der Waals surface area contributed by atoms with Crippen LogP contribution in [0.5, 0.6) is 11.5 Å². The second-order valence-electron chi connectivity index (χ2n) is 9.38. The maximum atomic E-state index is 15.4. The summed E-state index contributed by atoms with van der Waals surface area (Å²) < 4.78 is 77.1. The first-order valence-corrected chi connectivity index (χ1v) is 12.8. The van der Waals surface area contributed by atoms with E-state index in [2.05, 4.69) is 25.7 Å². The van der Waals surface area contributed by atoms with Crippen LogP contribution in [0.1, 0.15) is 12.5 Å². The number of rotatable bonds is 7. The number of likely N-dealkylation sites (tertiary alicyclic amines) is 1. The lowest BCUT2D eigenvalue weighted by molar-refractivity contribution is -0.116. The molecule has 2 aromatic heterocycles. The van der Waals surface area contributed by atoms with Crippen molar-refractivity contribution >= 4 is 28.8 Å². The fraction of sp³-hybridized carbons (Fsp3) is 0.222. The van der Waals surface area contributed by atoms with Gasteiger partial charge in [-0.25, -0.2) is 32.6 Å². The molecule has 1 atom stereocenters. The van der Waals surface area contributed by atoms with Crippen molar-refractivity contribution in [3.05, 3.63) is 71.8 Å². The summed E-state index contributed by atoms with van der Waals surface area (Å²) in [6.45, 7) is 0.751. The van der Waals surface area contributed by atoms with Crippen LogP contribution in [0.3, 0.4) is 0 Å². The van der Waals surface area contributed by atoms with Crippen molar-refractivity contribution in [3.8, 4) is 22.8 Å². The summed E-state index contributed by atoms with van der Waals surface area (Å²) in [5.74, 6) is -9.99. The van der Waals surface area contributed by atoms with Crippen LogP contribution in [0.2, 0.25) is 0 Å².